The van der Waals surface area contributed by atoms with Gasteiger partial charge in [0.25, 0.3) is 5.91 Å². The number of hydrogen-bond acceptors (Lipinski definition) is 5. The van der Waals surface area contributed by atoms with Gasteiger partial charge >= 0.3 is 6.03 Å². The molecule has 0 unspecified atom stereocenters. The number of likely N-dealkylation sites (tertiary alicyclic amines) is 1. The average molecular weight is 452 g/mol. The zero-order chi connectivity index (χ0) is 23.3. The molecule has 0 atom stereocenters. The van der Waals surface area contributed by atoms with Crippen molar-refractivity contribution in [3.8, 4) is 5.75 Å². The molecule has 0 aliphatic carbocycles. The Hall–Kier alpha value is -2.90. The summed E-state index contributed by atoms with van der Waals surface area (Å²) < 4.78 is 10.5. The van der Waals surface area contributed by atoms with Crippen molar-refractivity contribution in [2.75, 3.05) is 47.0 Å². The summed E-state index contributed by atoms with van der Waals surface area (Å²) in [6.45, 7) is 3.50. The first kappa shape index (κ1) is 23.3. The molecule has 7 nitrogen and oxygen atoms in total. The molecule has 0 aromatic heterocycles. The van der Waals surface area contributed by atoms with Gasteiger partial charge in [-0.2, -0.15) is 0 Å². The van der Waals surface area contributed by atoms with Crippen LogP contribution in [-0.4, -0.2) is 79.2 Å². The molecule has 0 N–H and O–H groups in total. The Kier molecular flexibility index (Phi) is 7.30. The van der Waals surface area contributed by atoms with Crippen molar-refractivity contribution in [3.63, 3.8) is 0 Å². The highest BCUT2D eigenvalue weighted by Gasteiger charge is 2.57. The molecule has 4 rings (SSSR count). The summed E-state index contributed by atoms with van der Waals surface area (Å²) in [4.78, 5) is 32.4. The highest BCUT2D eigenvalue weighted by molar-refractivity contribution is 6.07. The minimum absolute atomic E-state index is 0.0707. The van der Waals surface area contributed by atoms with Gasteiger partial charge in [0.15, 0.2) is 0 Å². The van der Waals surface area contributed by atoms with E-state index in [1.165, 1.54) is 16.0 Å². The van der Waals surface area contributed by atoms with Crippen LogP contribution >= 0.6 is 0 Å². The second kappa shape index (κ2) is 10.4. The maximum absolute atomic E-state index is 13.5. The molecule has 0 saturated carbocycles. The number of ether oxygens (including phenoxy) is 2. The van der Waals surface area contributed by atoms with Gasteiger partial charge < -0.3 is 14.4 Å². The topological polar surface area (TPSA) is 62.3 Å². The van der Waals surface area contributed by atoms with Crippen LogP contribution in [0.25, 0.3) is 0 Å². The van der Waals surface area contributed by atoms with Crippen LogP contribution in [0, 0.1) is 0 Å². The standard InChI is InChI=1S/C26H33N3O4/c1-32-18-17-28-24(30)26(29(25(28)31)14-11-21-7-4-3-5-8-21)12-15-27(16-13-26)20-22-9-6-10-23(19-22)33-2/h3-10,19H,11-18,20H2,1-2H3. The monoisotopic (exact) mass is 451 g/mol. The summed E-state index contributed by atoms with van der Waals surface area (Å²) in [5.74, 6) is 0.775. The number of rotatable bonds is 9. The van der Waals surface area contributed by atoms with Crippen LogP contribution in [0.3, 0.4) is 0 Å². The van der Waals surface area contributed by atoms with Crippen molar-refractivity contribution >= 4 is 11.9 Å². The summed E-state index contributed by atoms with van der Waals surface area (Å²) in [5.41, 5.74) is 1.59. The normalized spacial score (nSPS) is 18.4. The second-order valence-corrected chi connectivity index (χ2v) is 8.78. The number of hydrogen-bond donors (Lipinski definition) is 0. The van der Waals surface area contributed by atoms with Crippen molar-refractivity contribution in [1.29, 1.82) is 0 Å². The van der Waals surface area contributed by atoms with E-state index in [9.17, 15) is 9.59 Å². The molecule has 0 bridgehead atoms. The molecular formula is C26H33N3O4. The van der Waals surface area contributed by atoms with Crippen molar-refractivity contribution in [2.45, 2.75) is 31.3 Å². The Morgan fingerprint density at radius 2 is 1.64 bits per heavy atom. The number of carbonyl (C=O) groups excluding carboxylic acids is 2. The van der Waals surface area contributed by atoms with E-state index >= 15 is 0 Å². The lowest BCUT2D eigenvalue weighted by molar-refractivity contribution is -0.136. The maximum Gasteiger partial charge on any atom is 0.327 e. The average Bonchev–Trinajstić information content (AvgIpc) is 3.04. The van der Waals surface area contributed by atoms with Gasteiger partial charge in [0.05, 0.1) is 20.3 Å². The number of nitrogens with zero attached hydrogens (tertiary/aromatic N) is 3. The van der Waals surface area contributed by atoms with Crippen molar-refractivity contribution in [1.82, 2.24) is 14.7 Å². The van der Waals surface area contributed by atoms with E-state index in [2.05, 4.69) is 23.1 Å². The van der Waals surface area contributed by atoms with Crippen LogP contribution in [0.2, 0.25) is 0 Å². The quantitative estimate of drug-likeness (QED) is 0.548. The second-order valence-electron chi connectivity index (χ2n) is 8.78. The fourth-order valence-electron chi connectivity index (χ4n) is 4.95. The molecule has 2 fully saturated rings. The van der Waals surface area contributed by atoms with Crippen LogP contribution in [0.4, 0.5) is 4.79 Å². The Morgan fingerprint density at radius 3 is 2.33 bits per heavy atom. The first-order valence-corrected chi connectivity index (χ1v) is 11.6. The molecule has 2 aliphatic heterocycles. The van der Waals surface area contributed by atoms with Crippen molar-refractivity contribution < 1.29 is 19.1 Å². The van der Waals surface area contributed by atoms with E-state index in [0.29, 0.717) is 32.5 Å². The summed E-state index contributed by atoms with van der Waals surface area (Å²) in [5, 5.41) is 0. The fourth-order valence-corrected chi connectivity index (χ4v) is 4.95. The van der Waals surface area contributed by atoms with Crippen molar-refractivity contribution in [2.24, 2.45) is 0 Å². The molecule has 2 aromatic rings. The van der Waals surface area contributed by atoms with Gasteiger partial charge in [-0.15, -0.1) is 0 Å². The van der Waals surface area contributed by atoms with E-state index in [0.717, 1.165) is 31.8 Å². The van der Waals surface area contributed by atoms with Gasteiger partial charge in [-0.3, -0.25) is 14.6 Å². The summed E-state index contributed by atoms with van der Waals surface area (Å²) in [7, 11) is 3.26. The SMILES string of the molecule is COCCN1C(=O)N(CCc2ccccc2)C2(CCN(Cc3cccc(OC)c3)CC2)C1=O. The molecule has 7 heteroatoms. The summed E-state index contributed by atoms with van der Waals surface area (Å²) in [6.07, 6.45) is 2.01. The Bertz CT molecular complexity index is 957. The molecule has 2 aromatic carbocycles. The molecule has 0 radical (unpaired) electrons. The lowest BCUT2D eigenvalue weighted by Crippen LogP contribution is -2.56. The first-order chi connectivity index (χ1) is 16.1. The predicted molar refractivity (Wildman–Crippen MR) is 126 cm³/mol. The number of urea groups is 1. The predicted octanol–water partition coefficient (Wildman–Crippen LogP) is 3.18. The highest BCUT2D eigenvalue weighted by atomic mass is 16.5. The molecular weight excluding hydrogens is 418 g/mol. The number of piperidine rings is 1. The third-order valence-electron chi connectivity index (χ3n) is 6.83. The number of benzene rings is 2. The van der Waals surface area contributed by atoms with E-state index in [4.69, 9.17) is 9.47 Å². The molecule has 1 spiro atoms. The first-order valence-electron chi connectivity index (χ1n) is 11.6. The van der Waals surface area contributed by atoms with Crippen LogP contribution < -0.4 is 4.74 Å². The lowest BCUT2D eigenvalue weighted by atomic mass is 9.85. The summed E-state index contributed by atoms with van der Waals surface area (Å²) >= 11 is 0. The fraction of sp³-hybridized carbons (Fsp3) is 0.462. The Morgan fingerprint density at radius 1 is 0.909 bits per heavy atom. The zero-order valence-corrected chi connectivity index (χ0v) is 19.5. The van der Waals surface area contributed by atoms with Gasteiger partial charge in [-0.25, -0.2) is 4.79 Å². The van der Waals surface area contributed by atoms with Crippen molar-refractivity contribution in [3.05, 3.63) is 65.7 Å². The molecule has 176 valence electrons. The smallest absolute Gasteiger partial charge is 0.327 e. The van der Waals surface area contributed by atoms with E-state index in [1.54, 1.807) is 14.2 Å². The molecule has 2 aliphatic rings. The number of amides is 3. The largest absolute Gasteiger partial charge is 0.497 e. The third kappa shape index (κ3) is 4.89. The van der Waals surface area contributed by atoms with Gasteiger partial charge in [-0.1, -0.05) is 42.5 Å². The van der Waals surface area contributed by atoms with Gasteiger partial charge in [0, 0.05) is 33.3 Å². The lowest BCUT2D eigenvalue weighted by Gasteiger charge is -2.42. The van der Waals surface area contributed by atoms with E-state index in [-0.39, 0.29) is 11.9 Å². The van der Waals surface area contributed by atoms with E-state index in [1.807, 2.05) is 41.3 Å². The Balaban J connectivity index is 1.48. The molecule has 2 heterocycles. The highest BCUT2D eigenvalue weighted by Crippen LogP contribution is 2.37. The van der Waals surface area contributed by atoms with Crippen LogP contribution in [0.15, 0.2) is 54.6 Å². The maximum atomic E-state index is 13.5. The number of carbonyl (C=O) groups is 2. The molecule has 3 amide bonds. The number of imide groups is 1. The van der Waals surface area contributed by atoms with Crippen LogP contribution in [-0.2, 0) is 22.5 Å². The molecule has 33 heavy (non-hydrogen) atoms. The molecule has 2 saturated heterocycles. The van der Waals surface area contributed by atoms with Gasteiger partial charge in [0.1, 0.15) is 11.3 Å². The van der Waals surface area contributed by atoms with Gasteiger partial charge in [-0.05, 0) is 42.5 Å². The van der Waals surface area contributed by atoms with E-state index < -0.39 is 5.54 Å². The van der Waals surface area contributed by atoms with Crippen LogP contribution in [0.5, 0.6) is 5.75 Å². The van der Waals surface area contributed by atoms with Gasteiger partial charge in [0.2, 0.25) is 0 Å². The van der Waals surface area contributed by atoms with Crippen LogP contribution in [0.1, 0.15) is 24.0 Å². The minimum atomic E-state index is -0.759. The minimum Gasteiger partial charge on any atom is -0.497 e. The summed E-state index contributed by atoms with van der Waals surface area (Å²) in [6, 6.07) is 18.0. The third-order valence-corrected chi connectivity index (χ3v) is 6.83. The Labute approximate surface area is 195 Å². The zero-order valence-electron chi connectivity index (χ0n) is 19.5. The number of methoxy groups -OCH3 is 2.